The number of hydrogen-bond acceptors (Lipinski definition) is 3. The van der Waals surface area contributed by atoms with Gasteiger partial charge in [0, 0.05) is 17.6 Å². The van der Waals surface area contributed by atoms with Crippen molar-refractivity contribution in [2.75, 3.05) is 19.7 Å². The molecule has 1 heterocycles. The summed E-state index contributed by atoms with van der Waals surface area (Å²) in [5.74, 6) is 1.62. The highest BCUT2D eigenvalue weighted by molar-refractivity contribution is 9.10. The van der Waals surface area contributed by atoms with Crippen LogP contribution in [0.25, 0.3) is 0 Å². The molecule has 26 heavy (non-hydrogen) atoms. The van der Waals surface area contributed by atoms with E-state index in [9.17, 15) is 4.79 Å². The van der Waals surface area contributed by atoms with Gasteiger partial charge in [-0.1, -0.05) is 15.9 Å². The molecule has 1 aromatic carbocycles. The maximum atomic E-state index is 12.1. The molecule has 1 saturated heterocycles. The van der Waals surface area contributed by atoms with E-state index in [-0.39, 0.29) is 6.09 Å². The summed E-state index contributed by atoms with van der Waals surface area (Å²) in [4.78, 5) is 13.9. The summed E-state index contributed by atoms with van der Waals surface area (Å²) in [6, 6.07) is 4.16. The molecule has 0 atom stereocenters. The van der Waals surface area contributed by atoms with Crippen LogP contribution in [0.15, 0.2) is 16.6 Å². The molecule has 0 spiro atoms. The maximum Gasteiger partial charge on any atom is 0.410 e. The molecule has 1 fully saturated rings. The molecule has 146 valence electrons. The van der Waals surface area contributed by atoms with Crippen LogP contribution >= 0.6 is 15.9 Å². The van der Waals surface area contributed by atoms with Gasteiger partial charge >= 0.3 is 6.09 Å². The van der Waals surface area contributed by atoms with Gasteiger partial charge in [0.05, 0.1) is 6.61 Å². The number of benzene rings is 1. The zero-order chi connectivity index (χ0) is 19.3. The number of rotatable bonds is 5. The van der Waals surface area contributed by atoms with Crippen LogP contribution in [0.2, 0.25) is 0 Å². The lowest BCUT2D eigenvalue weighted by Crippen LogP contribution is -2.41. The highest BCUT2D eigenvalue weighted by Crippen LogP contribution is 2.27. The van der Waals surface area contributed by atoms with Crippen molar-refractivity contribution >= 4 is 22.0 Å². The Bertz CT molecular complexity index is 593. The molecule has 2 rings (SSSR count). The molecule has 0 bridgehead atoms. The minimum Gasteiger partial charge on any atom is -0.494 e. The summed E-state index contributed by atoms with van der Waals surface area (Å²) in [6.45, 7) is 12.2. The van der Waals surface area contributed by atoms with Crippen LogP contribution in [-0.2, 0) is 4.74 Å². The van der Waals surface area contributed by atoms with Gasteiger partial charge in [-0.3, -0.25) is 0 Å². The van der Waals surface area contributed by atoms with E-state index in [1.807, 2.05) is 25.7 Å². The van der Waals surface area contributed by atoms with Crippen molar-refractivity contribution in [3.8, 4) is 5.75 Å². The normalized spacial score (nSPS) is 15.8. The zero-order valence-electron chi connectivity index (χ0n) is 16.7. The number of carbonyl (C=O) groups is 1. The molecular formula is C21H32BrNO3. The number of piperidine rings is 1. The zero-order valence-corrected chi connectivity index (χ0v) is 18.3. The van der Waals surface area contributed by atoms with Crippen molar-refractivity contribution in [1.29, 1.82) is 0 Å². The Hall–Kier alpha value is -1.23. The van der Waals surface area contributed by atoms with Crippen LogP contribution in [0.3, 0.4) is 0 Å². The number of aryl methyl sites for hydroxylation is 2. The Kier molecular flexibility index (Phi) is 7.39. The van der Waals surface area contributed by atoms with E-state index >= 15 is 0 Å². The van der Waals surface area contributed by atoms with Crippen molar-refractivity contribution in [3.05, 3.63) is 27.7 Å². The minimum atomic E-state index is -0.422. The van der Waals surface area contributed by atoms with Gasteiger partial charge in [-0.05, 0) is 89.5 Å². The summed E-state index contributed by atoms with van der Waals surface area (Å²) >= 11 is 3.59. The van der Waals surface area contributed by atoms with Gasteiger partial charge in [0.25, 0.3) is 0 Å². The third-order valence-corrected chi connectivity index (χ3v) is 5.95. The number of halogens is 1. The molecule has 0 aliphatic carbocycles. The summed E-state index contributed by atoms with van der Waals surface area (Å²) in [6.07, 6.45) is 4.12. The van der Waals surface area contributed by atoms with Gasteiger partial charge in [-0.15, -0.1) is 0 Å². The van der Waals surface area contributed by atoms with Gasteiger partial charge in [0.15, 0.2) is 0 Å². The Labute approximate surface area is 166 Å². The smallest absolute Gasteiger partial charge is 0.410 e. The second kappa shape index (κ2) is 9.12. The SMILES string of the molecule is Cc1cc(OCCCC2CCN(C(=O)OC(C)(C)C)CC2)cc(C)c1Br. The standard InChI is InChI=1S/C21H32BrNO3/c1-15-13-18(14-16(2)19(15)22)25-12-6-7-17-8-10-23(11-9-17)20(24)26-21(3,4)5/h13-14,17H,6-12H2,1-5H3. The van der Waals surface area contributed by atoms with Crippen LogP contribution in [0, 0.1) is 19.8 Å². The fourth-order valence-corrected chi connectivity index (χ4v) is 3.51. The van der Waals surface area contributed by atoms with Crippen LogP contribution in [0.4, 0.5) is 4.79 Å². The fraction of sp³-hybridized carbons (Fsp3) is 0.667. The summed E-state index contributed by atoms with van der Waals surface area (Å²) in [7, 11) is 0. The number of ether oxygens (including phenoxy) is 2. The molecule has 0 radical (unpaired) electrons. The second-order valence-electron chi connectivity index (χ2n) is 8.27. The van der Waals surface area contributed by atoms with Gasteiger partial charge in [0.2, 0.25) is 0 Å². The van der Waals surface area contributed by atoms with E-state index in [1.54, 1.807) is 0 Å². The van der Waals surface area contributed by atoms with Crippen LogP contribution in [0.5, 0.6) is 5.75 Å². The lowest BCUT2D eigenvalue weighted by atomic mass is 9.92. The highest BCUT2D eigenvalue weighted by atomic mass is 79.9. The molecule has 5 heteroatoms. The van der Waals surface area contributed by atoms with Crippen molar-refractivity contribution in [3.63, 3.8) is 0 Å². The molecule has 0 aromatic heterocycles. The molecule has 0 saturated carbocycles. The molecular weight excluding hydrogens is 394 g/mol. The number of hydrogen-bond donors (Lipinski definition) is 0. The average molecular weight is 426 g/mol. The number of nitrogens with zero attached hydrogens (tertiary/aromatic N) is 1. The summed E-state index contributed by atoms with van der Waals surface area (Å²) in [5.41, 5.74) is 1.98. The van der Waals surface area contributed by atoms with Crippen LogP contribution in [0.1, 0.15) is 57.6 Å². The van der Waals surface area contributed by atoms with Crippen molar-refractivity contribution < 1.29 is 14.3 Å². The molecule has 1 amide bonds. The van der Waals surface area contributed by atoms with Crippen molar-refractivity contribution in [1.82, 2.24) is 4.90 Å². The van der Waals surface area contributed by atoms with Gasteiger partial charge in [-0.2, -0.15) is 0 Å². The lowest BCUT2D eigenvalue weighted by molar-refractivity contribution is 0.0179. The Balaban J connectivity index is 1.67. The molecule has 0 N–H and O–H groups in total. The Morgan fingerprint density at radius 2 is 1.77 bits per heavy atom. The Morgan fingerprint density at radius 3 is 2.31 bits per heavy atom. The molecule has 4 nitrogen and oxygen atoms in total. The average Bonchev–Trinajstić information content (AvgIpc) is 2.55. The molecule has 1 aromatic rings. The number of likely N-dealkylation sites (tertiary alicyclic amines) is 1. The van der Waals surface area contributed by atoms with Gasteiger partial charge in [0.1, 0.15) is 11.4 Å². The van der Waals surface area contributed by atoms with Crippen molar-refractivity contribution in [2.24, 2.45) is 5.92 Å². The first kappa shape index (κ1) is 21.1. The van der Waals surface area contributed by atoms with Gasteiger partial charge in [-0.25, -0.2) is 4.79 Å². The van der Waals surface area contributed by atoms with Crippen molar-refractivity contribution in [2.45, 2.75) is 65.9 Å². The number of carbonyl (C=O) groups excluding carboxylic acids is 1. The fourth-order valence-electron chi connectivity index (χ4n) is 3.28. The van der Waals surface area contributed by atoms with E-state index < -0.39 is 5.60 Å². The minimum absolute atomic E-state index is 0.180. The van der Waals surface area contributed by atoms with E-state index in [4.69, 9.17) is 9.47 Å². The summed E-state index contributed by atoms with van der Waals surface area (Å²) < 4.78 is 12.5. The first-order chi connectivity index (χ1) is 12.2. The monoisotopic (exact) mass is 425 g/mol. The quantitative estimate of drug-likeness (QED) is 0.553. The van der Waals surface area contributed by atoms with E-state index in [1.165, 1.54) is 11.1 Å². The van der Waals surface area contributed by atoms with E-state index in [0.29, 0.717) is 5.92 Å². The number of amides is 1. The Morgan fingerprint density at radius 1 is 1.19 bits per heavy atom. The second-order valence-corrected chi connectivity index (χ2v) is 9.07. The largest absolute Gasteiger partial charge is 0.494 e. The lowest BCUT2D eigenvalue weighted by Gasteiger charge is -2.33. The third-order valence-electron chi connectivity index (χ3n) is 4.70. The van der Waals surface area contributed by atoms with Gasteiger partial charge < -0.3 is 14.4 Å². The van der Waals surface area contributed by atoms with E-state index in [2.05, 4.69) is 41.9 Å². The molecule has 1 aliphatic heterocycles. The highest BCUT2D eigenvalue weighted by Gasteiger charge is 2.26. The van der Waals surface area contributed by atoms with Crippen LogP contribution in [-0.4, -0.2) is 36.3 Å². The molecule has 0 unspecified atom stereocenters. The first-order valence-electron chi connectivity index (χ1n) is 9.53. The third kappa shape index (κ3) is 6.49. The predicted octanol–water partition coefficient (Wildman–Crippen LogP) is 5.87. The predicted molar refractivity (Wildman–Crippen MR) is 109 cm³/mol. The topological polar surface area (TPSA) is 38.8 Å². The first-order valence-corrected chi connectivity index (χ1v) is 10.3. The molecule has 1 aliphatic rings. The maximum absolute atomic E-state index is 12.1. The van der Waals surface area contributed by atoms with Crippen LogP contribution < -0.4 is 4.74 Å². The summed E-state index contributed by atoms with van der Waals surface area (Å²) in [5, 5.41) is 0. The van der Waals surface area contributed by atoms with E-state index in [0.717, 1.165) is 55.6 Å².